The fourth-order valence-corrected chi connectivity index (χ4v) is 1.46. The Morgan fingerprint density at radius 1 is 1.62 bits per heavy atom. The first kappa shape index (κ1) is 10.6. The SMILES string of the molecule is COCCc1nc2c(C(=N)N)cccn2n1. The Bertz CT molecular complexity index is 519. The van der Waals surface area contributed by atoms with E-state index in [9.17, 15) is 0 Å². The lowest BCUT2D eigenvalue weighted by molar-refractivity contribution is 0.200. The summed E-state index contributed by atoms with van der Waals surface area (Å²) in [6.45, 7) is 0.576. The third-order valence-corrected chi connectivity index (χ3v) is 2.23. The van der Waals surface area contributed by atoms with Crippen molar-refractivity contribution >= 4 is 11.5 Å². The first-order valence-corrected chi connectivity index (χ1v) is 4.90. The van der Waals surface area contributed by atoms with E-state index in [0.717, 1.165) is 0 Å². The van der Waals surface area contributed by atoms with Crippen LogP contribution in [0.15, 0.2) is 18.3 Å². The van der Waals surface area contributed by atoms with Gasteiger partial charge in [-0.3, -0.25) is 5.41 Å². The number of fused-ring (bicyclic) bond motifs is 1. The molecule has 0 amide bonds. The molecule has 2 rings (SSSR count). The quantitative estimate of drug-likeness (QED) is 0.568. The average molecular weight is 219 g/mol. The minimum absolute atomic E-state index is 0.00343. The molecule has 0 saturated heterocycles. The van der Waals surface area contributed by atoms with Crippen LogP contribution < -0.4 is 5.73 Å². The first-order valence-electron chi connectivity index (χ1n) is 4.90. The summed E-state index contributed by atoms with van der Waals surface area (Å²) in [5, 5.41) is 11.7. The number of ether oxygens (including phenoxy) is 1. The Hall–Kier alpha value is -1.95. The average Bonchev–Trinajstić information content (AvgIpc) is 2.68. The van der Waals surface area contributed by atoms with Gasteiger partial charge in [0.1, 0.15) is 5.84 Å². The molecule has 0 aliphatic rings. The number of nitrogens with one attached hydrogen (secondary N) is 1. The van der Waals surface area contributed by atoms with Gasteiger partial charge >= 0.3 is 0 Å². The number of methoxy groups -OCH3 is 1. The second-order valence-corrected chi connectivity index (χ2v) is 3.37. The summed E-state index contributed by atoms with van der Waals surface area (Å²) >= 11 is 0. The third-order valence-electron chi connectivity index (χ3n) is 2.23. The molecular formula is C10H13N5O. The van der Waals surface area contributed by atoms with E-state index >= 15 is 0 Å². The van der Waals surface area contributed by atoms with Gasteiger partial charge in [-0.2, -0.15) is 5.10 Å². The molecule has 84 valence electrons. The molecule has 0 aliphatic heterocycles. The molecule has 6 nitrogen and oxygen atoms in total. The molecule has 3 N–H and O–H groups in total. The molecular weight excluding hydrogens is 206 g/mol. The van der Waals surface area contributed by atoms with Gasteiger partial charge in [0, 0.05) is 19.7 Å². The molecule has 0 spiro atoms. The molecule has 2 aromatic heterocycles. The summed E-state index contributed by atoms with van der Waals surface area (Å²) in [7, 11) is 1.64. The second-order valence-electron chi connectivity index (χ2n) is 3.37. The molecule has 0 saturated carbocycles. The van der Waals surface area contributed by atoms with Gasteiger partial charge in [-0.15, -0.1) is 0 Å². The minimum atomic E-state index is -0.00343. The summed E-state index contributed by atoms with van der Waals surface area (Å²) in [6.07, 6.45) is 2.43. The highest BCUT2D eigenvalue weighted by molar-refractivity contribution is 6.00. The number of nitrogens with zero attached hydrogens (tertiary/aromatic N) is 3. The third kappa shape index (κ3) is 1.87. The highest BCUT2D eigenvalue weighted by atomic mass is 16.5. The second kappa shape index (κ2) is 4.28. The van der Waals surface area contributed by atoms with Crippen LogP contribution in [0, 0.1) is 5.41 Å². The van der Waals surface area contributed by atoms with Gasteiger partial charge in [0.2, 0.25) is 0 Å². The molecule has 0 unspecified atom stereocenters. The van der Waals surface area contributed by atoms with Crippen LogP contribution in [-0.2, 0) is 11.2 Å². The van der Waals surface area contributed by atoms with Crippen LogP contribution in [0.3, 0.4) is 0 Å². The number of aromatic nitrogens is 3. The van der Waals surface area contributed by atoms with Crippen LogP contribution >= 0.6 is 0 Å². The van der Waals surface area contributed by atoms with Crippen LogP contribution in [0.1, 0.15) is 11.4 Å². The molecule has 0 bridgehead atoms. The van der Waals surface area contributed by atoms with Crippen molar-refractivity contribution in [2.24, 2.45) is 5.73 Å². The fraction of sp³-hybridized carbons (Fsp3) is 0.300. The lowest BCUT2D eigenvalue weighted by Crippen LogP contribution is -2.12. The van der Waals surface area contributed by atoms with Gasteiger partial charge in [-0.05, 0) is 12.1 Å². The van der Waals surface area contributed by atoms with E-state index in [1.54, 1.807) is 30.0 Å². The minimum Gasteiger partial charge on any atom is -0.384 e. The maximum atomic E-state index is 7.44. The summed E-state index contributed by atoms with van der Waals surface area (Å²) in [5.74, 6) is 0.687. The van der Waals surface area contributed by atoms with Gasteiger partial charge in [-0.25, -0.2) is 9.50 Å². The van der Waals surface area contributed by atoms with Gasteiger partial charge in [0.25, 0.3) is 0 Å². The topological polar surface area (TPSA) is 89.3 Å². The largest absolute Gasteiger partial charge is 0.384 e. The number of nitrogen functional groups attached to an aromatic ring is 1. The number of pyridine rings is 1. The number of hydrogen-bond acceptors (Lipinski definition) is 4. The van der Waals surface area contributed by atoms with E-state index in [-0.39, 0.29) is 5.84 Å². The highest BCUT2D eigenvalue weighted by Gasteiger charge is 2.09. The maximum absolute atomic E-state index is 7.44. The zero-order valence-corrected chi connectivity index (χ0v) is 8.97. The normalized spacial score (nSPS) is 10.8. The Kier molecular flexibility index (Phi) is 2.82. The molecule has 0 radical (unpaired) electrons. The van der Waals surface area contributed by atoms with Crippen LogP contribution in [0.4, 0.5) is 0 Å². The summed E-state index contributed by atoms with van der Waals surface area (Å²) in [6, 6.07) is 3.55. The molecule has 6 heteroatoms. The van der Waals surface area contributed by atoms with E-state index in [4.69, 9.17) is 15.9 Å². The monoisotopic (exact) mass is 219 g/mol. The number of nitrogens with two attached hydrogens (primary N) is 1. The molecule has 0 atom stereocenters. The van der Waals surface area contributed by atoms with E-state index in [1.165, 1.54) is 0 Å². The van der Waals surface area contributed by atoms with Gasteiger partial charge in [0.15, 0.2) is 11.5 Å². The van der Waals surface area contributed by atoms with Crippen molar-refractivity contribution in [1.82, 2.24) is 14.6 Å². The first-order chi connectivity index (χ1) is 7.72. The van der Waals surface area contributed by atoms with Crippen molar-refractivity contribution in [3.05, 3.63) is 29.7 Å². The zero-order chi connectivity index (χ0) is 11.5. The van der Waals surface area contributed by atoms with Crippen LogP contribution in [-0.4, -0.2) is 34.2 Å². The maximum Gasteiger partial charge on any atom is 0.166 e. The van der Waals surface area contributed by atoms with Crippen molar-refractivity contribution in [3.8, 4) is 0 Å². The smallest absolute Gasteiger partial charge is 0.166 e. The fourth-order valence-electron chi connectivity index (χ4n) is 1.46. The lowest BCUT2D eigenvalue weighted by Gasteiger charge is -1.98. The summed E-state index contributed by atoms with van der Waals surface area (Å²) in [5.41, 5.74) is 6.67. The van der Waals surface area contributed by atoms with E-state index in [2.05, 4.69) is 10.1 Å². The zero-order valence-electron chi connectivity index (χ0n) is 8.97. The highest BCUT2D eigenvalue weighted by Crippen LogP contribution is 2.08. The van der Waals surface area contributed by atoms with Gasteiger partial charge < -0.3 is 10.5 Å². The molecule has 2 aromatic rings. The molecule has 2 heterocycles. The van der Waals surface area contributed by atoms with Crippen molar-refractivity contribution in [2.75, 3.05) is 13.7 Å². The molecule has 0 aliphatic carbocycles. The molecule has 0 aromatic carbocycles. The van der Waals surface area contributed by atoms with E-state index < -0.39 is 0 Å². The summed E-state index contributed by atoms with van der Waals surface area (Å²) < 4.78 is 6.59. The van der Waals surface area contributed by atoms with Crippen molar-refractivity contribution in [1.29, 1.82) is 5.41 Å². The lowest BCUT2D eigenvalue weighted by atomic mass is 10.2. The molecule has 0 fully saturated rings. The van der Waals surface area contributed by atoms with E-state index in [1.807, 2.05) is 0 Å². The van der Waals surface area contributed by atoms with Crippen molar-refractivity contribution in [3.63, 3.8) is 0 Å². The van der Waals surface area contributed by atoms with Crippen LogP contribution in [0.5, 0.6) is 0 Å². The van der Waals surface area contributed by atoms with Crippen molar-refractivity contribution < 1.29 is 4.74 Å². The van der Waals surface area contributed by atoms with Crippen LogP contribution in [0.2, 0.25) is 0 Å². The van der Waals surface area contributed by atoms with Crippen LogP contribution in [0.25, 0.3) is 5.65 Å². The number of rotatable bonds is 4. The van der Waals surface area contributed by atoms with Gasteiger partial charge in [-0.1, -0.05) is 0 Å². The molecule has 16 heavy (non-hydrogen) atoms. The van der Waals surface area contributed by atoms with Crippen molar-refractivity contribution in [2.45, 2.75) is 6.42 Å². The Morgan fingerprint density at radius 3 is 3.12 bits per heavy atom. The Morgan fingerprint density at radius 2 is 2.44 bits per heavy atom. The summed E-state index contributed by atoms with van der Waals surface area (Å²) in [4.78, 5) is 4.32. The standard InChI is InChI=1S/C10H13N5O/c1-16-6-4-8-13-10-7(9(11)12)3-2-5-15(10)14-8/h2-3,5H,4,6H2,1H3,(H3,11,12). The van der Waals surface area contributed by atoms with Gasteiger partial charge in [0.05, 0.1) is 12.2 Å². The Labute approximate surface area is 92.6 Å². The predicted octanol–water partition coefficient (Wildman–Crippen LogP) is 0.202. The number of amidine groups is 1. The number of hydrogen-bond donors (Lipinski definition) is 2. The van der Waals surface area contributed by atoms with E-state index in [0.29, 0.717) is 30.1 Å². The Balaban J connectivity index is 2.44. The predicted molar refractivity (Wildman–Crippen MR) is 59.6 cm³/mol.